The fraction of sp³-hybridized carbons (Fsp3) is 0.350. The van der Waals surface area contributed by atoms with E-state index in [1.807, 2.05) is 24.3 Å². The van der Waals surface area contributed by atoms with Crippen LogP contribution in [0, 0.1) is 0 Å². The summed E-state index contributed by atoms with van der Waals surface area (Å²) >= 11 is 0. The first-order chi connectivity index (χ1) is 13.1. The molecule has 1 unspecified atom stereocenters. The molecule has 7 nitrogen and oxygen atoms in total. The molecule has 0 aliphatic carbocycles. The molecule has 1 aliphatic rings. The molecule has 2 aromatic carbocycles. The maximum absolute atomic E-state index is 11.4. The zero-order valence-corrected chi connectivity index (χ0v) is 16.4. The van der Waals surface area contributed by atoms with Gasteiger partial charge >= 0.3 is 0 Å². The number of hydrogen-bond donors (Lipinski definition) is 4. The van der Waals surface area contributed by atoms with E-state index in [0.717, 1.165) is 24.2 Å². The Morgan fingerprint density at radius 1 is 1.32 bits per heavy atom. The quantitative estimate of drug-likeness (QED) is 0.500. The number of anilines is 1. The van der Waals surface area contributed by atoms with E-state index in [0.29, 0.717) is 30.1 Å². The third-order valence-corrected chi connectivity index (χ3v) is 4.41. The number of carbonyl (C=O) groups excluding carboxylic acids is 1. The van der Waals surface area contributed by atoms with Crippen molar-refractivity contribution in [1.29, 1.82) is 0 Å². The van der Waals surface area contributed by atoms with Crippen molar-refractivity contribution < 1.29 is 24.5 Å². The van der Waals surface area contributed by atoms with E-state index >= 15 is 0 Å². The number of phenolic OH excluding ortho intramolecular Hbond substituents is 1. The summed E-state index contributed by atoms with van der Waals surface area (Å²) in [7, 11) is 1.66. The number of para-hydroxylation sites is 1. The predicted molar refractivity (Wildman–Crippen MR) is 109 cm³/mol. The van der Waals surface area contributed by atoms with E-state index in [-0.39, 0.29) is 30.7 Å². The van der Waals surface area contributed by atoms with Crippen LogP contribution < -0.4 is 20.1 Å². The Morgan fingerprint density at radius 2 is 2.11 bits per heavy atom. The average Bonchev–Trinajstić information content (AvgIpc) is 2.66. The molecule has 152 valence electrons. The summed E-state index contributed by atoms with van der Waals surface area (Å²) in [6.45, 7) is 0.913. The van der Waals surface area contributed by atoms with Crippen LogP contribution in [0.5, 0.6) is 17.2 Å². The second kappa shape index (κ2) is 10.2. The maximum Gasteiger partial charge on any atom is 0.262 e. The van der Waals surface area contributed by atoms with Gasteiger partial charge in [-0.05, 0) is 37.1 Å². The molecule has 0 saturated heterocycles. The number of aliphatic hydroxyl groups excluding tert-OH is 1. The van der Waals surface area contributed by atoms with E-state index in [1.165, 1.54) is 12.1 Å². The Balaban J connectivity index is 0.00000280. The second-order valence-electron chi connectivity index (χ2n) is 6.38. The standard InChI is InChI=1S/C20H24N2O5.ClH/c1-26-18-7-3-2-5-13(18)6-4-8-21-11-17(24)15-9-14(23)10-16-20(15)27-12-19(25)22-16;/h2-3,5,7,9-10,17,21,23-24H,4,6,8,11-12H2,1H3,(H,22,25);1H. The molecule has 28 heavy (non-hydrogen) atoms. The summed E-state index contributed by atoms with van der Waals surface area (Å²) in [5.74, 6) is 0.951. The normalized spacial score (nSPS) is 13.6. The van der Waals surface area contributed by atoms with Crippen molar-refractivity contribution in [2.75, 3.05) is 32.1 Å². The van der Waals surface area contributed by atoms with Crippen LogP contribution in [0.15, 0.2) is 36.4 Å². The molecule has 0 radical (unpaired) electrons. The van der Waals surface area contributed by atoms with Gasteiger partial charge in [0.1, 0.15) is 17.2 Å². The van der Waals surface area contributed by atoms with E-state index in [1.54, 1.807) is 7.11 Å². The number of fused-ring (bicyclic) bond motifs is 1. The summed E-state index contributed by atoms with van der Waals surface area (Å²) in [5, 5.41) is 26.2. The van der Waals surface area contributed by atoms with Crippen molar-refractivity contribution in [3.05, 3.63) is 47.5 Å². The number of hydrogen-bond acceptors (Lipinski definition) is 6. The average molecular weight is 409 g/mol. The van der Waals surface area contributed by atoms with Gasteiger partial charge in [-0.25, -0.2) is 0 Å². The van der Waals surface area contributed by atoms with Crippen molar-refractivity contribution in [2.24, 2.45) is 0 Å². The van der Waals surface area contributed by atoms with Gasteiger partial charge in [0.05, 0.1) is 18.9 Å². The SMILES string of the molecule is COc1ccccc1CCCNCC(O)c1cc(O)cc2c1OCC(=O)N2.Cl. The third-order valence-electron chi connectivity index (χ3n) is 4.41. The Kier molecular flexibility index (Phi) is 7.92. The van der Waals surface area contributed by atoms with E-state index in [9.17, 15) is 15.0 Å². The number of aryl methyl sites for hydroxylation is 1. The number of nitrogens with one attached hydrogen (secondary N) is 2. The number of benzene rings is 2. The van der Waals surface area contributed by atoms with Crippen molar-refractivity contribution in [3.63, 3.8) is 0 Å². The van der Waals surface area contributed by atoms with Crippen LogP contribution in [0.1, 0.15) is 23.7 Å². The molecular formula is C20H25ClN2O5. The lowest BCUT2D eigenvalue weighted by Crippen LogP contribution is -2.28. The van der Waals surface area contributed by atoms with E-state index in [4.69, 9.17) is 9.47 Å². The minimum atomic E-state index is -0.868. The summed E-state index contributed by atoms with van der Waals surface area (Å²) in [6.07, 6.45) is 0.883. The Hall–Kier alpha value is -2.48. The van der Waals surface area contributed by atoms with Crippen LogP contribution in [-0.4, -0.2) is 42.9 Å². The van der Waals surface area contributed by atoms with Gasteiger partial charge in [0.2, 0.25) is 0 Å². The highest BCUT2D eigenvalue weighted by Gasteiger charge is 2.24. The molecule has 1 amide bonds. The van der Waals surface area contributed by atoms with Gasteiger partial charge in [-0.15, -0.1) is 12.4 Å². The van der Waals surface area contributed by atoms with Crippen molar-refractivity contribution in [2.45, 2.75) is 18.9 Å². The fourth-order valence-electron chi connectivity index (χ4n) is 3.12. The number of carbonyl (C=O) groups is 1. The summed E-state index contributed by atoms with van der Waals surface area (Å²) in [5.41, 5.74) is 1.97. The minimum Gasteiger partial charge on any atom is -0.508 e. The maximum atomic E-state index is 11.4. The van der Waals surface area contributed by atoms with Crippen LogP contribution in [0.25, 0.3) is 0 Å². The molecule has 3 rings (SSSR count). The Morgan fingerprint density at radius 3 is 2.89 bits per heavy atom. The van der Waals surface area contributed by atoms with Gasteiger partial charge in [-0.1, -0.05) is 18.2 Å². The summed E-state index contributed by atoms with van der Waals surface area (Å²) in [4.78, 5) is 11.4. The van der Waals surface area contributed by atoms with Crippen LogP contribution in [0.4, 0.5) is 5.69 Å². The van der Waals surface area contributed by atoms with Crippen LogP contribution >= 0.6 is 12.4 Å². The first-order valence-corrected chi connectivity index (χ1v) is 8.88. The van der Waals surface area contributed by atoms with E-state index < -0.39 is 6.10 Å². The van der Waals surface area contributed by atoms with E-state index in [2.05, 4.69) is 10.6 Å². The lowest BCUT2D eigenvalue weighted by atomic mass is 10.0. The number of aromatic hydroxyl groups is 1. The van der Waals surface area contributed by atoms with Crippen LogP contribution in [-0.2, 0) is 11.2 Å². The number of phenols is 1. The number of aliphatic hydroxyl groups is 1. The van der Waals surface area contributed by atoms with Gasteiger partial charge in [0.15, 0.2) is 6.61 Å². The molecule has 0 aromatic heterocycles. The van der Waals surface area contributed by atoms with Crippen LogP contribution in [0.3, 0.4) is 0 Å². The van der Waals surface area contributed by atoms with Gasteiger partial charge in [-0.3, -0.25) is 4.79 Å². The Labute approximate surface area is 170 Å². The van der Waals surface area contributed by atoms with Gasteiger partial charge in [0, 0.05) is 18.2 Å². The molecule has 2 aromatic rings. The third kappa shape index (κ3) is 5.28. The highest BCUT2D eigenvalue weighted by Crippen LogP contribution is 2.38. The molecule has 1 aliphatic heterocycles. The minimum absolute atomic E-state index is 0. The Bertz CT molecular complexity index is 815. The largest absolute Gasteiger partial charge is 0.508 e. The number of halogens is 1. The zero-order valence-electron chi connectivity index (χ0n) is 15.6. The first kappa shape index (κ1) is 21.8. The van der Waals surface area contributed by atoms with Crippen LogP contribution in [0.2, 0.25) is 0 Å². The van der Waals surface area contributed by atoms with Crippen molar-refractivity contribution >= 4 is 24.0 Å². The summed E-state index contributed by atoms with van der Waals surface area (Å²) < 4.78 is 10.8. The molecule has 1 atom stereocenters. The highest BCUT2D eigenvalue weighted by atomic mass is 35.5. The van der Waals surface area contributed by atoms with Gasteiger partial charge in [0.25, 0.3) is 5.91 Å². The predicted octanol–water partition coefficient (Wildman–Crippen LogP) is 2.41. The number of rotatable bonds is 8. The fourth-order valence-corrected chi connectivity index (χ4v) is 3.12. The van der Waals surface area contributed by atoms with Gasteiger partial charge in [-0.2, -0.15) is 0 Å². The number of methoxy groups -OCH3 is 1. The topological polar surface area (TPSA) is 100 Å². The highest BCUT2D eigenvalue weighted by molar-refractivity contribution is 5.96. The molecule has 1 heterocycles. The molecule has 0 fully saturated rings. The van der Waals surface area contributed by atoms with Crippen molar-refractivity contribution in [3.8, 4) is 17.2 Å². The molecule has 8 heteroatoms. The molecule has 4 N–H and O–H groups in total. The molecular weight excluding hydrogens is 384 g/mol. The first-order valence-electron chi connectivity index (χ1n) is 8.88. The summed E-state index contributed by atoms with van der Waals surface area (Å²) in [6, 6.07) is 10.8. The second-order valence-corrected chi connectivity index (χ2v) is 6.38. The smallest absolute Gasteiger partial charge is 0.262 e. The molecule has 0 bridgehead atoms. The lowest BCUT2D eigenvalue weighted by molar-refractivity contribution is -0.118. The van der Waals surface area contributed by atoms with Gasteiger partial charge < -0.3 is 30.3 Å². The number of amides is 1. The molecule has 0 spiro atoms. The zero-order chi connectivity index (χ0) is 19.2. The monoisotopic (exact) mass is 408 g/mol. The number of ether oxygens (including phenoxy) is 2. The lowest BCUT2D eigenvalue weighted by Gasteiger charge is -2.23. The molecule has 0 saturated carbocycles. The van der Waals surface area contributed by atoms with Crippen molar-refractivity contribution in [1.82, 2.24) is 5.32 Å².